The van der Waals surface area contributed by atoms with E-state index in [1.807, 2.05) is 35.9 Å². The number of hydrogen-bond acceptors (Lipinski definition) is 10. The molecule has 4 aromatic heterocycles. The maximum atomic E-state index is 13.0. The van der Waals surface area contributed by atoms with E-state index < -0.39 is 6.03 Å². The number of fused-ring (bicyclic) bond motifs is 1. The van der Waals surface area contributed by atoms with Gasteiger partial charge in [0, 0.05) is 42.2 Å². The first-order valence-corrected chi connectivity index (χ1v) is 14.2. The fourth-order valence-electron chi connectivity index (χ4n) is 5.38. The van der Waals surface area contributed by atoms with Crippen LogP contribution in [0.4, 0.5) is 16.3 Å². The Bertz CT molecular complexity index is 1750. The number of ether oxygens (including phenoxy) is 1. The number of aliphatic hydroxyl groups is 1. The first-order valence-electron chi connectivity index (χ1n) is 14.2. The molecule has 0 spiro atoms. The summed E-state index contributed by atoms with van der Waals surface area (Å²) in [4.78, 5) is 62.5. The molecule has 0 bridgehead atoms. The van der Waals surface area contributed by atoms with Crippen molar-refractivity contribution in [2.24, 2.45) is 5.92 Å². The van der Waals surface area contributed by atoms with Gasteiger partial charge in [0.05, 0.1) is 24.5 Å². The molecule has 43 heavy (non-hydrogen) atoms. The molecule has 2 N–H and O–H groups in total. The van der Waals surface area contributed by atoms with Crippen molar-refractivity contribution in [2.75, 3.05) is 29.9 Å². The number of β-amino-alcohol motifs (C(OH)–C–C–N with tert-alkyl or cyclic N) is 1. The molecule has 0 aromatic carbocycles. The zero-order valence-corrected chi connectivity index (χ0v) is 23.4. The molecule has 7 rings (SSSR count). The Morgan fingerprint density at radius 2 is 2.00 bits per heavy atom. The van der Waals surface area contributed by atoms with Crippen LogP contribution in [0.25, 0.3) is 5.65 Å². The third-order valence-corrected chi connectivity index (χ3v) is 7.86. The number of imide groups is 1. The van der Waals surface area contributed by atoms with Gasteiger partial charge in [0.1, 0.15) is 31.1 Å². The SMILES string of the molecule is Cc1ccnc(C2CC2C(=O)Nc2cc(OCc3cn4cc(C5CC5)cc(N5CC(=O)N(CCO)C5=O)c4n3)ncn2)n1. The van der Waals surface area contributed by atoms with Crippen LogP contribution in [0.1, 0.15) is 53.9 Å². The van der Waals surface area contributed by atoms with Gasteiger partial charge in [-0.2, -0.15) is 0 Å². The number of carbonyl (C=O) groups excluding carboxylic acids is 3. The van der Waals surface area contributed by atoms with Crippen LogP contribution in [-0.2, 0) is 16.2 Å². The molecule has 2 aliphatic carbocycles. The number of hydrogen-bond donors (Lipinski definition) is 2. The summed E-state index contributed by atoms with van der Waals surface area (Å²) < 4.78 is 7.75. The quantitative estimate of drug-likeness (QED) is 0.264. The number of aryl methyl sites for hydroxylation is 1. The van der Waals surface area contributed by atoms with Crippen molar-refractivity contribution in [2.45, 2.75) is 44.6 Å². The topological polar surface area (TPSA) is 168 Å². The Kier molecular flexibility index (Phi) is 6.69. The van der Waals surface area contributed by atoms with E-state index in [2.05, 4.69) is 25.3 Å². The van der Waals surface area contributed by atoms with Crippen LogP contribution in [0.2, 0.25) is 0 Å². The molecule has 220 valence electrons. The largest absolute Gasteiger partial charge is 0.471 e. The maximum absolute atomic E-state index is 13.0. The van der Waals surface area contributed by atoms with Crippen molar-refractivity contribution >= 4 is 35.0 Å². The number of carbonyl (C=O) groups is 3. The smallest absolute Gasteiger partial charge is 0.331 e. The van der Waals surface area contributed by atoms with E-state index in [0.29, 0.717) is 41.0 Å². The van der Waals surface area contributed by atoms with E-state index in [1.165, 1.54) is 11.2 Å². The molecule has 4 aromatic rings. The minimum atomic E-state index is -0.478. The number of nitrogens with one attached hydrogen (secondary N) is 1. The van der Waals surface area contributed by atoms with Crippen molar-refractivity contribution in [3.05, 3.63) is 65.9 Å². The lowest BCUT2D eigenvalue weighted by atomic mass is 10.1. The summed E-state index contributed by atoms with van der Waals surface area (Å²) >= 11 is 0. The molecule has 0 radical (unpaired) electrons. The molecular weight excluding hydrogens is 554 g/mol. The van der Waals surface area contributed by atoms with Crippen molar-refractivity contribution < 1.29 is 24.2 Å². The highest BCUT2D eigenvalue weighted by Gasteiger charge is 2.46. The molecule has 1 saturated heterocycles. The molecule has 14 nitrogen and oxygen atoms in total. The third kappa shape index (κ3) is 5.36. The number of amides is 4. The van der Waals surface area contributed by atoms with Crippen LogP contribution in [0.15, 0.2) is 43.1 Å². The van der Waals surface area contributed by atoms with Gasteiger partial charge in [-0.05, 0) is 49.8 Å². The Morgan fingerprint density at radius 3 is 2.79 bits per heavy atom. The summed E-state index contributed by atoms with van der Waals surface area (Å²) in [5.74, 6) is 0.902. The highest BCUT2D eigenvalue weighted by molar-refractivity contribution is 6.13. The Hall–Kier alpha value is -4.98. The normalized spacial score (nSPS) is 19.8. The van der Waals surface area contributed by atoms with E-state index in [-0.39, 0.29) is 55.8 Å². The maximum Gasteiger partial charge on any atom is 0.331 e. The van der Waals surface area contributed by atoms with Crippen molar-refractivity contribution in [1.82, 2.24) is 34.2 Å². The minimum absolute atomic E-state index is 0.00967. The van der Waals surface area contributed by atoms with Gasteiger partial charge in [0.15, 0.2) is 5.65 Å². The molecule has 1 aliphatic heterocycles. The first-order chi connectivity index (χ1) is 20.9. The van der Waals surface area contributed by atoms with Crippen LogP contribution in [0, 0.1) is 12.8 Å². The van der Waals surface area contributed by atoms with Crippen molar-refractivity contribution in [3.63, 3.8) is 0 Å². The highest BCUT2D eigenvalue weighted by atomic mass is 16.5. The summed E-state index contributed by atoms with van der Waals surface area (Å²) in [5.41, 5.74) is 3.57. The van der Waals surface area contributed by atoms with Gasteiger partial charge in [-0.3, -0.25) is 19.4 Å². The average molecular weight is 584 g/mol. The highest BCUT2D eigenvalue weighted by Crippen LogP contribution is 2.46. The summed E-state index contributed by atoms with van der Waals surface area (Å²) in [6.45, 7) is 1.50. The van der Waals surface area contributed by atoms with Gasteiger partial charge >= 0.3 is 6.03 Å². The molecule has 2 unspecified atom stereocenters. The second-order valence-electron chi connectivity index (χ2n) is 11.1. The predicted octanol–water partition coefficient (Wildman–Crippen LogP) is 2.18. The van der Waals surface area contributed by atoms with Gasteiger partial charge in [-0.25, -0.2) is 29.7 Å². The number of aliphatic hydroxyl groups excluding tert-OH is 1. The molecule has 3 aliphatic rings. The predicted molar refractivity (Wildman–Crippen MR) is 151 cm³/mol. The Labute approximate surface area is 245 Å². The standard InChI is InChI=1S/C29H29N9O5/c1-16-4-5-30-26(33-16)20-9-21(20)28(41)35-23-10-24(32-15-31-23)43-14-19-12-36-11-18(17-2-3-17)8-22(27(36)34-19)38-13-25(40)37(6-7-39)29(38)42/h4-5,8,10-12,15,17,20-21,39H,2-3,6-7,9,13-14H2,1H3,(H,31,32,35,41). The van der Waals surface area contributed by atoms with Crippen LogP contribution >= 0.6 is 0 Å². The first kappa shape index (κ1) is 26.9. The molecule has 4 amide bonds. The van der Waals surface area contributed by atoms with Crippen LogP contribution in [0.3, 0.4) is 0 Å². The number of rotatable bonds is 10. The van der Waals surface area contributed by atoms with Gasteiger partial charge < -0.3 is 19.6 Å². The molecule has 2 atom stereocenters. The number of imidazole rings is 1. The van der Waals surface area contributed by atoms with E-state index in [4.69, 9.17) is 9.72 Å². The van der Waals surface area contributed by atoms with Crippen LogP contribution in [0.5, 0.6) is 5.88 Å². The van der Waals surface area contributed by atoms with Crippen LogP contribution in [-0.4, -0.2) is 76.9 Å². The molecule has 3 fully saturated rings. The van der Waals surface area contributed by atoms with E-state index in [1.54, 1.807) is 12.3 Å². The van der Waals surface area contributed by atoms with Gasteiger partial charge in [0.25, 0.3) is 5.91 Å². The third-order valence-electron chi connectivity index (χ3n) is 7.86. The van der Waals surface area contributed by atoms with E-state index >= 15 is 0 Å². The van der Waals surface area contributed by atoms with E-state index in [0.717, 1.165) is 29.0 Å². The summed E-state index contributed by atoms with van der Waals surface area (Å²) in [7, 11) is 0. The molecular formula is C29H29N9O5. The summed E-state index contributed by atoms with van der Waals surface area (Å²) in [5, 5.41) is 12.1. The fourth-order valence-corrected chi connectivity index (χ4v) is 5.38. The molecule has 14 heteroatoms. The van der Waals surface area contributed by atoms with E-state index in [9.17, 15) is 19.5 Å². The van der Waals surface area contributed by atoms with Gasteiger partial charge in [-0.15, -0.1) is 0 Å². The zero-order valence-electron chi connectivity index (χ0n) is 23.4. The second kappa shape index (κ2) is 10.7. The van der Waals surface area contributed by atoms with Crippen molar-refractivity contribution in [3.8, 4) is 5.88 Å². The van der Waals surface area contributed by atoms with Gasteiger partial charge in [0.2, 0.25) is 11.8 Å². The second-order valence-corrected chi connectivity index (χ2v) is 11.1. The molecule has 5 heterocycles. The van der Waals surface area contributed by atoms with Gasteiger partial charge in [-0.1, -0.05) is 0 Å². The lowest BCUT2D eigenvalue weighted by molar-refractivity contribution is -0.125. The average Bonchev–Trinajstić information content (AvgIpc) is 3.92. The van der Waals surface area contributed by atoms with Crippen LogP contribution < -0.4 is 15.0 Å². The number of aromatic nitrogens is 6. The fraction of sp³-hybridized carbons (Fsp3) is 0.379. The Morgan fingerprint density at radius 1 is 1.14 bits per heavy atom. The minimum Gasteiger partial charge on any atom is -0.471 e. The summed E-state index contributed by atoms with van der Waals surface area (Å²) in [6, 6.07) is 4.82. The number of pyridine rings is 1. The summed E-state index contributed by atoms with van der Waals surface area (Å²) in [6.07, 6.45) is 9.64. The lowest BCUT2D eigenvalue weighted by Gasteiger charge is -2.18. The molecule has 2 saturated carbocycles. The number of anilines is 2. The van der Waals surface area contributed by atoms with Crippen molar-refractivity contribution in [1.29, 1.82) is 0 Å². The number of nitrogens with zero attached hydrogens (tertiary/aromatic N) is 8. The lowest BCUT2D eigenvalue weighted by Crippen LogP contribution is -2.35. The zero-order chi connectivity index (χ0) is 29.7. The monoisotopic (exact) mass is 583 g/mol. The number of urea groups is 1. The Balaban J connectivity index is 1.05.